The molecular weight excluding hydrogens is 372 g/mol. The third-order valence-corrected chi connectivity index (χ3v) is 3.78. The summed E-state index contributed by atoms with van der Waals surface area (Å²) < 4.78 is 10.7. The number of para-hydroxylation sites is 2. The van der Waals surface area contributed by atoms with E-state index in [0.717, 1.165) is 5.69 Å². The minimum atomic E-state index is -0.222. The van der Waals surface area contributed by atoms with Gasteiger partial charge in [0, 0.05) is 19.3 Å². The fourth-order valence-corrected chi connectivity index (χ4v) is 2.40. The van der Waals surface area contributed by atoms with Crippen molar-refractivity contribution in [2.45, 2.75) is 0 Å². The Kier molecular flexibility index (Phi) is 7.16. The Morgan fingerprint density at radius 1 is 0.966 bits per heavy atom. The van der Waals surface area contributed by atoms with Crippen molar-refractivity contribution in [2.24, 2.45) is 0 Å². The summed E-state index contributed by atoms with van der Waals surface area (Å²) in [6.45, 7) is 0.838. The van der Waals surface area contributed by atoms with E-state index in [1.54, 1.807) is 37.7 Å². The summed E-state index contributed by atoms with van der Waals surface area (Å²) in [5, 5.41) is 17.2. The summed E-state index contributed by atoms with van der Waals surface area (Å²) in [6, 6.07) is 14.5. The van der Waals surface area contributed by atoms with Gasteiger partial charge in [-0.1, -0.05) is 12.1 Å². The quantitative estimate of drug-likeness (QED) is 0.449. The van der Waals surface area contributed by atoms with Crippen LogP contribution in [0.1, 0.15) is 0 Å². The lowest BCUT2D eigenvalue weighted by atomic mass is 10.3. The van der Waals surface area contributed by atoms with Crippen LogP contribution >= 0.6 is 0 Å². The minimum Gasteiger partial charge on any atom is -0.493 e. The fraction of sp³-hybridized carbons (Fsp3) is 0.200. The molecule has 0 atom stereocenters. The molecule has 0 aliphatic heterocycles. The molecule has 0 bridgehead atoms. The van der Waals surface area contributed by atoms with E-state index in [0.29, 0.717) is 36.2 Å². The minimum absolute atomic E-state index is 0.0884. The number of aromatic nitrogens is 3. The molecule has 9 nitrogen and oxygen atoms in total. The van der Waals surface area contributed by atoms with Gasteiger partial charge in [0.15, 0.2) is 23.9 Å². The Morgan fingerprint density at radius 3 is 2.48 bits per heavy atom. The van der Waals surface area contributed by atoms with E-state index in [9.17, 15) is 4.79 Å². The van der Waals surface area contributed by atoms with Crippen LogP contribution in [0.4, 0.5) is 17.3 Å². The highest BCUT2D eigenvalue weighted by Gasteiger charge is 2.06. The van der Waals surface area contributed by atoms with Crippen LogP contribution in [0.3, 0.4) is 0 Å². The summed E-state index contributed by atoms with van der Waals surface area (Å²) >= 11 is 0. The molecule has 0 saturated heterocycles. The molecule has 29 heavy (non-hydrogen) atoms. The molecule has 0 aliphatic rings. The normalized spacial score (nSPS) is 10.1. The second kappa shape index (κ2) is 10.5. The van der Waals surface area contributed by atoms with Crippen molar-refractivity contribution < 1.29 is 14.3 Å². The van der Waals surface area contributed by atoms with Crippen LogP contribution in [0.25, 0.3) is 0 Å². The molecule has 0 spiro atoms. The molecule has 3 rings (SSSR count). The van der Waals surface area contributed by atoms with Crippen LogP contribution in [0.15, 0.2) is 60.9 Å². The molecule has 1 aromatic carbocycles. The average molecular weight is 394 g/mol. The van der Waals surface area contributed by atoms with Gasteiger partial charge in [0.1, 0.15) is 5.82 Å². The molecule has 150 valence electrons. The van der Waals surface area contributed by atoms with E-state index in [-0.39, 0.29) is 12.5 Å². The van der Waals surface area contributed by atoms with Gasteiger partial charge in [-0.2, -0.15) is 0 Å². The van der Waals surface area contributed by atoms with Gasteiger partial charge >= 0.3 is 0 Å². The number of hydrogen-bond acceptors (Lipinski definition) is 8. The van der Waals surface area contributed by atoms with Gasteiger partial charge in [0.05, 0.1) is 19.0 Å². The average Bonchev–Trinajstić information content (AvgIpc) is 2.77. The van der Waals surface area contributed by atoms with Crippen molar-refractivity contribution in [3.05, 3.63) is 60.9 Å². The number of rotatable bonds is 10. The van der Waals surface area contributed by atoms with Crippen molar-refractivity contribution >= 4 is 23.2 Å². The van der Waals surface area contributed by atoms with Gasteiger partial charge in [-0.25, -0.2) is 0 Å². The number of methoxy groups -OCH3 is 1. The number of hydrogen-bond donors (Lipinski definition) is 3. The van der Waals surface area contributed by atoms with E-state index in [4.69, 9.17) is 9.47 Å². The fourth-order valence-electron chi connectivity index (χ4n) is 2.40. The molecule has 2 heterocycles. The third kappa shape index (κ3) is 6.35. The first kappa shape index (κ1) is 19.9. The number of anilines is 3. The Balaban J connectivity index is 1.35. The zero-order chi connectivity index (χ0) is 20.3. The summed E-state index contributed by atoms with van der Waals surface area (Å²) in [5.41, 5.74) is 0.834. The number of nitrogens with zero attached hydrogens (tertiary/aromatic N) is 3. The van der Waals surface area contributed by atoms with Gasteiger partial charge < -0.3 is 25.4 Å². The molecule has 0 radical (unpaired) electrons. The lowest BCUT2D eigenvalue weighted by Crippen LogP contribution is -2.32. The number of benzene rings is 1. The summed E-state index contributed by atoms with van der Waals surface area (Å²) in [7, 11) is 1.55. The summed E-state index contributed by atoms with van der Waals surface area (Å²) in [5.74, 6) is 2.12. The van der Waals surface area contributed by atoms with Crippen molar-refractivity contribution in [1.82, 2.24) is 20.5 Å². The SMILES string of the molecule is COc1ccccc1OCC(=O)NCCNc1ccc(Nc2cccnc2)nn1. The van der Waals surface area contributed by atoms with Crippen molar-refractivity contribution in [3.8, 4) is 11.5 Å². The summed E-state index contributed by atoms with van der Waals surface area (Å²) in [6.07, 6.45) is 3.40. The lowest BCUT2D eigenvalue weighted by Gasteiger charge is -2.11. The van der Waals surface area contributed by atoms with Crippen LogP contribution in [0.5, 0.6) is 11.5 Å². The molecule has 0 aliphatic carbocycles. The molecular formula is C20H22N6O3. The Morgan fingerprint density at radius 2 is 1.76 bits per heavy atom. The van der Waals surface area contributed by atoms with Gasteiger partial charge in [-0.15, -0.1) is 10.2 Å². The number of nitrogens with one attached hydrogen (secondary N) is 3. The lowest BCUT2D eigenvalue weighted by molar-refractivity contribution is -0.123. The molecule has 3 aromatic rings. The number of pyridine rings is 1. The zero-order valence-electron chi connectivity index (χ0n) is 16.0. The van der Waals surface area contributed by atoms with E-state index in [1.807, 2.05) is 30.3 Å². The second-order valence-corrected chi connectivity index (χ2v) is 5.89. The van der Waals surface area contributed by atoms with E-state index in [2.05, 4.69) is 31.1 Å². The molecule has 0 saturated carbocycles. The number of carbonyl (C=O) groups excluding carboxylic acids is 1. The predicted octanol–water partition coefficient (Wildman–Crippen LogP) is 2.23. The van der Waals surface area contributed by atoms with Gasteiger partial charge in [0.25, 0.3) is 5.91 Å². The van der Waals surface area contributed by atoms with Crippen LogP contribution in [-0.2, 0) is 4.79 Å². The van der Waals surface area contributed by atoms with Crippen LogP contribution in [0, 0.1) is 0 Å². The maximum Gasteiger partial charge on any atom is 0.258 e. The number of carbonyl (C=O) groups is 1. The van der Waals surface area contributed by atoms with Crippen LogP contribution < -0.4 is 25.4 Å². The topological polar surface area (TPSA) is 110 Å². The molecule has 0 unspecified atom stereocenters. The first-order valence-corrected chi connectivity index (χ1v) is 9.02. The van der Waals surface area contributed by atoms with Crippen LogP contribution in [-0.4, -0.2) is 47.9 Å². The standard InChI is InChI=1S/C20H22N6O3/c1-28-16-6-2-3-7-17(16)29-14-20(27)23-12-11-22-18-8-9-19(26-25-18)24-15-5-4-10-21-13-15/h2-10,13H,11-12,14H2,1H3,(H,22,25)(H,23,27)(H,24,26). The van der Waals surface area contributed by atoms with Crippen molar-refractivity contribution in [3.63, 3.8) is 0 Å². The molecule has 1 amide bonds. The highest BCUT2D eigenvalue weighted by Crippen LogP contribution is 2.25. The Hall–Kier alpha value is -3.88. The maximum atomic E-state index is 11.9. The second-order valence-electron chi connectivity index (χ2n) is 5.89. The predicted molar refractivity (Wildman–Crippen MR) is 110 cm³/mol. The van der Waals surface area contributed by atoms with E-state index in [1.165, 1.54) is 0 Å². The molecule has 2 aromatic heterocycles. The molecule has 0 fully saturated rings. The Bertz CT molecular complexity index is 906. The van der Waals surface area contributed by atoms with E-state index < -0.39 is 0 Å². The number of amides is 1. The molecule has 9 heteroatoms. The summed E-state index contributed by atoms with van der Waals surface area (Å²) in [4.78, 5) is 15.9. The van der Waals surface area contributed by atoms with Crippen molar-refractivity contribution in [2.75, 3.05) is 37.4 Å². The number of ether oxygens (including phenoxy) is 2. The monoisotopic (exact) mass is 394 g/mol. The van der Waals surface area contributed by atoms with Gasteiger partial charge in [-0.3, -0.25) is 9.78 Å². The van der Waals surface area contributed by atoms with E-state index >= 15 is 0 Å². The maximum absolute atomic E-state index is 11.9. The zero-order valence-corrected chi connectivity index (χ0v) is 16.0. The first-order chi connectivity index (χ1) is 14.2. The molecule has 3 N–H and O–H groups in total. The highest BCUT2D eigenvalue weighted by molar-refractivity contribution is 5.77. The van der Waals surface area contributed by atoms with Crippen LogP contribution in [0.2, 0.25) is 0 Å². The third-order valence-electron chi connectivity index (χ3n) is 3.78. The highest BCUT2D eigenvalue weighted by atomic mass is 16.5. The van der Waals surface area contributed by atoms with Gasteiger partial charge in [0.2, 0.25) is 0 Å². The smallest absolute Gasteiger partial charge is 0.258 e. The Labute approximate surface area is 168 Å². The van der Waals surface area contributed by atoms with Gasteiger partial charge in [-0.05, 0) is 36.4 Å². The largest absolute Gasteiger partial charge is 0.493 e. The first-order valence-electron chi connectivity index (χ1n) is 9.02. The van der Waals surface area contributed by atoms with Crippen molar-refractivity contribution in [1.29, 1.82) is 0 Å².